The van der Waals surface area contributed by atoms with Crippen LogP contribution in [0.15, 0.2) is 30.3 Å². The molecule has 1 aliphatic heterocycles. The van der Waals surface area contributed by atoms with Gasteiger partial charge in [0.15, 0.2) is 0 Å². The first kappa shape index (κ1) is 16.5. The van der Waals surface area contributed by atoms with Crippen LogP contribution >= 0.6 is 0 Å². The van der Waals surface area contributed by atoms with E-state index in [2.05, 4.69) is 68.0 Å². The zero-order valence-corrected chi connectivity index (χ0v) is 14.0. The molecule has 2 atom stereocenters. The summed E-state index contributed by atoms with van der Waals surface area (Å²) in [6.45, 7) is 11.1. The molecule has 2 N–H and O–H groups in total. The molecule has 0 amide bonds. The number of nitrogens with two attached hydrogens (primary N) is 1. The van der Waals surface area contributed by atoms with Gasteiger partial charge in [-0.2, -0.15) is 0 Å². The van der Waals surface area contributed by atoms with E-state index in [-0.39, 0.29) is 5.54 Å². The highest BCUT2D eigenvalue weighted by molar-refractivity contribution is 5.19. The first-order valence-corrected chi connectivity index (χ1v) is 8.14. The summed E-state index contributed by atoms with van der Waals surface area (Å²) in [4.78, 5) is 5.05. The minimum atomic E-state index is 0.238. The summed E-state index contributed by atoms with van der Waals surface area (Å²) in [6.07, 6.45) is 1.14. The van der Waals surface area contributed by atoms with Gasteiger partial charge in [0.05, 0.1) is 0 Å². The molecule has 0 aliphatic carbocycles. The molecule has 1 aromatic carbocycles. The fraction of sp³-hybridized carbons (Fsp3) is 0.667. The molecular formula is C18H31N3. The van der Waals surface area contributed by atoms with E-state index >= 15 is 0 Å². The third-order valence-corrected chi connectivity index (χ3v) is 5.13. The van der Waals surface area contributed by atoms with Crippen molar-refractivity contribution in [3.8, 4) is 0 Å². The van der Waals surface area contributed by atoms with Crippen molar-refractivity contribution in [1.29, 1.82) is 0 Å². The maximum Gasteiger partial charge on any atom is 0.0277 e. The van der Waals surface area contributed by atoms with Gasteiger partial charge in [-0.1, -0.05) is 37.3 Å². The zero-order valence-electron chi connectivity index (χ0n) is 14.0. The number of hydrogen-bond donors (Lipinski definition) is 1. The van der Waals surface area contributed by atoms with Gasteiger partial charge in [-0.05, 0) is 38.8 Å². The molecule has 21 heavy (non-hydrogen) atoms. The molecule has 3 nitrogen and oxygen atoms in total. The highest BCUT2D eigenvalue weighted by Gasteiger charge is 2.34. The summed E-state index contributed by atoms with van der Waals surface area (Å²) in [5.41, 5.74) is 7.76. The van der Waals surface area contributed by atoms with Gasteiger partial charge >= 0.3 is 0 Å². The molecule has 118 valence electrons. The summed E-state index contributed by atoms with van der Waals surface area (Å²) in [5, 5.41) is 0. The van der Waals surface area contributed by atoms with Crippen molar-refractivity contribution in [1.82, 2.24) is 9.80 Å². The molecule has 0 radical (unpaired) electrons. The lowest BCUT2D eigenvalue weighted by atomic mass is 9.91. The molecule has 1 heterocycles. The number of likely N-dealkylation sites (N-methyl/N-ethyl adjacent to an activating group) is 1. The Morgan fingerprint density at radius 2 is 1.86 bits per heavy atom. The number of nitrogens with zero attached hydrogens (tertiary/aromatic N) is 2. The summed E-state index contributed by atoms with van der Waals surface area (Å²) >= 11 is 0. The van der Waals surface area contributed by atoms with E-state index < -0.39 is 0 Å². The quantitative estimate of drug-likeness (QED) is 0.904. The van der Waals surface area contributed by atoms with Crippen LogP contribution in [0, 0.1) is 0 Å². The average Bonchev–Trinajstić information content (AvgIpc) is 2.48. The van der Waals surface area contributed by atoms with Gasteiger partial charge in [0, 0.05) is 37.8 Å². The van der Waals surface area contributed by atoms with Gasteiger partial charge in [-0.15, -0.1) is 0 Å². The first-order valence-electron chi connectivity index (χ1n) is 8.14. The van der Waals surface area contributed by atoms with Gasteiger partial charge in [-0.25, -0.2) is 0 Å². The summed E-state index contributed by atoms with van der Waals surface area (Å²) in [5.74, 6) is 0.558. The third-order valence-electron chi connectivity index (χ3n) is 5.13. The fourth-order valence-electron chi connectivity index (χ4n) is 3.31. The maximum absolute atomic E-state index is 6.10. The van der Waals surface area contributed by atoms with Gasteiger partial charge in [0.25, 0.3) is 0 Å². The maximum atomic E-state index is 6.10. The molecule has 0 spiro atoms. The largest absolute Gasteiger partial charge is 0.329 e. The van der Waals surface area contributed by atoms with E-state index in [1.807, 2.05) is 0 Å². The Kier molecular flexibility index (Phi) is 5.42. The molecule has 0 aromatic heterocycles. The summed E-state index contributed by atoms with van der Waals surface area (Å²) in [7, 11) is 2.22. The standard InChI is InChI=1S/C18H31N3/c1-15(16-8-6-5-7-9-16)12-17(13-19)21-11-10-20(4)18(2,3)14-21/h5-9,15,17H,10-14,19H2,1-4H3. The SMILES string of the molecule is CC(CC(CN)N1CCN(C)C(C)(C)C1)c1ccccc1. The molecule has 1 saturated heterocycles. The Labute approximate surface area is 130 Å². The Morgan fingerprint density at radius 1 is 1.19 bits per heavy atom. The van der Waals surface area contributed by atoms with E-state index in [0.717, 1.165) is 32.6 Å². The lowest BCUT2D eigenvalue weighted by Gasteiger charge is -2.48. The van der Waals surface area contributed by atoms with Gasteiger partial charge < -0.3 is 5.73 Å². The number of piperazine rings is 1. The van der Waals surface area contributed by atoms with Crippen molar-refractivity contribution in [2.24, 2.45) is 5.73 Å². The van der Waals surface area contributed by atoms with Crippen LogP contribution in [-0.4, -0.2) is 54.6 Å². The first-order chi connectivity index (χ1) is 9.94. The van der Waals surface area contributed by atoms with Crippen LogP contribution in [0.5, 0.6) is 0 Å². The minimum absolute atomic E-state index is 0.238. The van der Waals surface area contributed by atoms with Crippen LogP contribution in [0.3, 0.4) is 0 Å². The van der Waals surface area contributed by atoms with Crippen LogP contribution in [-0.2, 0) is 0 Å². The smallest absolute Gasteiger partial charge is 0.0277 e. The van der Waals surface area contributed by atoms with Crippen molar-refractivity contribution in [2.75, 3.05) is 33.2 Å². The average molecular weight is 289 g/mol. The molecule has 3 heteroatoms. The predicted octanol–water partition coefficient (Wildman–Crippen LogP) is 2.53. The van der Waals surface area contributed by atoms with Gasteiger partial charge in [0.2, 0.25) is 0 Å². The van der Waals surface area contributed by atoms with Crippen LogP contribution in [0.25, 0.3) is 0 Å². The van der Waals surface area contributed by atoms with Crippen LogP contribution in [0.2, 0.25) is 0 Å². The zero-order chi connectivity index (χ0) is 15.5. The highest BCUT2D eigenvalue weighted by Crippen LogP contribution is 2.26. The van der Waals surface area contributed by atoms with Gasteiger partial charge in [-0.3, -0.25) is 9.80 Å². The molecule has 1 fully saturated rings. The van der Waals surface area contributed by atoms with Crippen molar-refractivity contribution >= 4 is 0 Å². The molecule has 2 rings (SSSR count). The lowest BCUT2D eigenvalue weighted by molar-refractivity contribution is 0.0154. The Balaban J connectivity index is 2.00. The summed E-state index contributed by atoms with van der Waals surface area (Å²) < 4.78 is 0. The highest BCUT2D eigenvalue weighted by atomic mass is 15.3. The van der Waals surface area contributed by atoms with E-state index in [4.69, 9.17) is 5.73 Å². The summed E-state index contributed by atoms with van der Waals surface area (Å²) in [6, 6.07) is 11.3. The third kappa shape index (κ3) is 4.06. The van der Waals surface area contributed by atoms with Crippen molar-refractivity contribution in [3.05, 3.63) is 35.9 Å². The Hall–Kier alpha value is -0.900. The van der Waals surface area contributed by atoms with E-state index in [1.54, 1.807) is 0 Å². The van der Waals surface area contributed by atoms with Crippen LogP contribution < -0.4 is 5.73 Å². The van der Waals surface area contributed by atoms with Crippen molar-refractivity contribution < 1.29 is 0 Å². The molecule has 1 aromatic rings. The molecule has 1 aliphatic rings. The monoisotopic (exact) mass is 289 g/mol. The molecule has 2 unspecified atom stereocenters. The van der Waals surface area contributed by atoms with Crippen molar-refractivity contribution in [3.63, 3.8) is 0 Å². The molecular weight excluding hydrogens is 258 g/mol. The van der Waals surface area contributed by atoms with E-state index in [0.29, 0.717) is 12.0 Å². The number of benzene rings is 1. The van der Waals surface area contributed by atoms with Gasteiger partial charge in [0.1, 0.15) is 0 Å². The number of hydrogen-bond acceptors (Lipinski definition) is 3. The number of rotatable bonds is 5. The minimum Gasteiger partial charge on any atom is -0.329 e. The van der Waals surface area contributed by atoms with Crippen LogP contribution in [0.1, 0.15) is 38.7 Å². The normalized spacial score (nSPS) is 22.9. The second-order valence-electron chi connectivity index (χ2n) is 7.14. The topological polar surface area (TPSA) is 32.5 Å². The van der Waals surface area contributed by atoms with E-state index in [9.17, 15) is 0 Å². The second-order valence-corrected chi connectivity index (χ2v) is 7.14. The second kappa shape index (κ2) is 6.91. The Morgan fingerprint density at radius 3 is 2.43 bits per heavy atom. The van der Waals surface area contributed by atoms with Crippen LogP contribution in [0.4, 0.5) is 0 Å². The van der Waals surface area contributed by atoms with Crippen molar-refractivity contribution in [2.45, 2.75) is 44.7 Å². The fourth-order valence-corrected chi connectivity index (χ4v) is 3.31. The van der Waals surface area contributed by atoms with E-state index in [1.165, 1.54) is 5.56 Å². The lowest BCUT2D eigenvalue weighted by Crippen LogP contribution is -2.60. The molecule has 0 saturated carbocycles. The Bertz CT molecular complexity index is 429. The predicted molar refractivity (Wildman–Crippen MR) is 90.6 cm³/mol. The molecule has 0 bridgehead atoms.